The van der Waals surface area contributed by atoms with Gasteiger partial charge in [0, 0.05) is 45.3 Å². The summed E-state index contributed by atoms with van der Waals surface area (Å²) < 4.78 is 0. The number of nitrogens with zero attached hydrogens (tertiary/aromatic N) is 3. The second-order valence-corrected chi connectivity index (χ2v) is 25.1. The van der Waals surface area contributed by atoms with E-state index in [1.54, 1.807) is 60.7 Å². The molecule has 2 aromatic carbocycles. The monoisotopic (exact) mass is 1350 g/mol. The second kappa shape index (κ2) is 41.0. The van der Waals surface area contributed by atoms with E-state index < -0.39 is 169 Å². The molecule has 0 aromatic heterocycles. The van der Waals surface area contributed by atoms with Gasteiger partial charge in [0.05, 0.1) is 12.6 Å². The van der Waals surface area contributed by atoms with E-state index >= 15 is 0 Å². The highest BCUT2D eigenvalue weighted by Crippen LogP contribution is 2.24. The van der Waals surface area contributed by atoms with Crippen LogP contribution in [-0.4, -0.2) is 198 Å². The predicted octanol–water partition coefficient (Wildman–Crippen LogP) is -3.71. The van der Waals surface area contributed by atoms with Gasteiger partial charge in [0.1, 0.15) is 54.4 Å². The summed E-state index contributed by atoms with van der Waals surface area (Å²) in [4.78, 5) is 185. The number of thioether (sulfide) groups is 1. The fourth-order valence-corrected chi connectivity index (χ4v) is 11.5. The molecule has 2 aliphatic rings. The van der Waals surface area contributed by atoms with Crippen LogP contribution in [0.1, 0.15) is 121 Å². The zero-order valence-corrected chi connectivity index (χ0v) is 55.3. The Kier molecular flexibility index (Phi) is 33.9. The Morgan fingerprint density at radius 3 is 1.51 bits per heavy atom. The lowest BCUT2D eigenvalue weighted by atomic mass is 10.0. The van der Waals surface area contributed by atoms with Gasteiger partial charge in [-0.2, -0.15) is 11.8 Å². The number of rotatable bonds is 42. The summed E-state index contributed by atoms with van der Waals surface area (Å²) >= 11 is 1.45. The van der Waals surface area contributed by atoms with Gasteiger partial charge in [-0.1, -0.05) is 74.5 Å². The minimum atomic E-state index is -1.64. The molecule has 95 heavy (non-hydrogen) atoms. The molecule has 2 fully saturated rings. The summed E-state index contributed by atoms with van der Waals surface area (Å²) in [6.07, 6.45) is 3.12. The maximum atomic E-state index is 14.7. The molecular formula is C63H98N18O13S. The van der Waals surface area contributed by atoms with Crippen LogP contribution in [0.4, 0.5) is 0 Å². The maximum absolute atomic E-state index is 14.7. The lowest BCUT2D eigenvalue weighted by Gasteiger charge is -2.32. The average Bonchev–Trinajstić information content (AvgIpc) is 1.74. The summed E-state index contributed by atoms with van der Waals surface area (Å²) in [5.41, 5.74) is 40.6. The number of carbonyl (C=O) groups excluding carboxylic acids is 13. The van der Waals surface area contributed by atoms with Crippen LogP contribution in [0.15, 0.2) is 65.7 Å². The predicted molar refractivity (Wildman–Crippen MR) is 356 cm³/mol. The number of aliphatic imine (C=N–C) groups is 1. The molecule has 10 atom stereocenters. The van der Waals surface area contributed by atoms with Crippen molar-refractivity contribution >= 4 is 94.5 Å². The van der Waals surface area contributed by atoms with Crippen molar-refractivity contribution in [2.45, 2.75) is 183 Å². The Bertz CT molecular complexity index is 2960. The molecule has 524 valence electrons. The van der Waals surface area contributed by atoms with Gasteiger partial charge in [-0.15, -0.1) is 0 Å². The van der Waals surface area contributed by atoms with E-state index in [-0.39, 0.29) is 83.0 Å². The normalized spacial score (nSPS) is 16.8. The first kappa shape index (κ1) is 78.5. The molecule has 2 heterocycles. The van der Waals surface area contributed by atoms with Crippen LogP contribution in [0, 0.1) is 5.92 Å². The zero-order valence-electron chi connectivity index (χ0n) is 54.5. The fraction of sp³-hybridized carbons (Fsp3) is 0.587. The first-order valence-electron chi connectivity index (χ1n) is 32.2. The van der Waals surface area contributed by atoms with Crippen molar-refractivity contribution in [3.8, 4) is 0 Å². The van der Waals surface area contributed by atoms with E-state index in [1.807, 2.05) is 20.1 Å². The van der Waals surface area contributed by atoms with E-state index in [0.717, 1.165) is 0 Å². The van der Waals surface area contributed by atoms with Crippen LogP contribution in [0.2, 0.25) is 0 Å². The van der Waals surface area contributed by atoms with Crippen LogP contribution in [0.25, 0.3) is 0 Å². The molecule has 31 nitrogen and oxygen atoms in total. The first-order valence-corrected chi connectivity index (χ1v) is 33.6. The summed E-state index contributed by atoms with van der Waals surface area (Å²) in [5, 5.41) is 21.1. The zero-order chi connectivity index (χ0) is 70.1. The van der Waals surface area contributed by atoms with Crippen molar-refractivity contribution in [3.05, 3.63) is 71.8 Å². The van der Waals surface area contributed by atoms with Crippen LogP contribution < -0.4 is 82.7 Å². The third kappa shape index (κ3) is 27.5. The van der Waals surface area contributed by atoms with Gasteiger partial charge in [0.2, 0.25) is 76.8 Å². The number of guanidine groups is 1. The summed E-state index contributed by atoms with van der Waals surface area (Å²) in [6.45, 7) is 3.86. The number of primary amides is 3. The molecular weight excluding hydrogens is 1250 g/mol. The van der Waals surface area contributed by atoms with Gasteiger partial charge < -0.3 is 92.5 Å². The fourth-order valence-electron chi connectivity index (χ4n) is 11.0. The van der Waals surface area contributed by atoms with Gasteiger partial charge in [-0.25, -0.2) is 0 Å². The van der Waals surface area contributed by atoms with Crippen molar-refractivity contribution in [2.75, 3.05) is 44.7 Å². The van der Waals surface area contributed by atoms with Crippen molar-refractivity contribution in [1.29, 1.82) is 0 Å². The third-order valence-electron chi connectivity index (χ3n) is 16.0. The molecule has 2 aliphatic heterocycles. The van der Waals surface area contributed by atoms with Gasteiger partial charge in [-0.3, -0.25) is 67.3 Å². The highest BCUT2D eigenvalue weighted by atomic mass is 32.2. The van der Waals surface area contributed by atoms with Gasteiger partial charge in [0.25, 0.3) is 0 Å². The number of nitrogens with two attached hydrogens (primary N) is 7. The SMILES string of the molecule is CSCC[C@H](NC(=O)[C@@H](CC(C)C)NC(=O)CNC(=O)[C@H](Cc1ccccc1)NC(=O)[C@H](Cc1ccccc1)NC(=O)[C@H](CCC(N)=O)NC(=O)[C@@H](CCC(N)=O)NC(=O)[C@H]1CCCN1C(=O)[C@H](CCCCN)NC(=O)[C@H]1CCCN1C(=O)[C@@H](N)CCCN=C(N)N)C(N)=O. The van der Waals surface area contributed by atoms with E-state index in [2.05, 4.69) is 47.5 Å². The van der Waals surface area contributed by atoms with Gasteiger partial charge >= 0.3 is 0 Å². The van der Waals surface area contributed by atoms with Crippen LogP contribution in [0.5, 0.6) is 0 Å². The lowest BCUT2D eigenvalue weighted by Crippen LogP contribution is -2.60. The molecule has 2 saturated heterocycles. The van der Waals surface area contributed by atoms with Gasteiger partial charge in [-0.05, 0) is 119 Å². The molecule has 0 spiro atoms. The molecule has 13 amide bonds. The Balaban J connectivity index is 1.56. The topological polar surface area (TPSA) is 519 Å². The van der Waals surface area contributed by atoms with Crippen molar-refractivity contribution in [3.63, 3.8) is 0 Å². The van der Waals surface area contributed by atoms with E-state index in [9.17, 15) is 62.3 Å². The number of benzene rings is 2. The Morgan fingerprint density at radius 2 is 1.01 bits per heavy atom. The van der Waals surface area contributed by atoms with Crippen LogP contribution in [-0.2, 0) is 75.2 Å². The first-order chi connectivity index (χ1) is 45.2. The minimum Gasteiger partial charge on any atom is -0.370 e. The summed E-state index contributed by atoms with van der Waals surface area (Å²) in [6, 6.07) is 4.51. The lowest BCUT2D eigenvalue weighted by molar-refractivity contribution is -0.144. The molecule has 4 rings (SSSR count). The number of carbonyl (C=O) groups is 13. The summed E-state index contributed by atoms with van der Waals surface area (Å²) in [7, 11) is 0. The standard InChI is InChI=1S/C63H98N18O13S/c1-37(2)33-45(57(89)74-41(53(68)85)27-32-95-3)73-52(84)36-72-54(86)46(34-38-15-6-4-7-16-38)78-58(90)47(35-39-17-8-5-9-18-39)79-56(88)42(23-25-50(66)82)75-55(87)43(24-26-51(67)83)76-59(91)49-22-14-31-81(49)62(94)44(20-10-11-28-64)77-60(92)48-21-13-30-80(48)61(93)40(65)19-12-29-71-63(69)70/h4-9,15-18,37,40-49H,10-14,19-36,64-65H2,1-3H3,(H2,66,82)(H2,67,83)(H2,68,85)(H,72,86)(H,73,84)(H,74,89)(H,75,87)(H,76,91)(H,77,92)(H,78,90)(H,79,88)(H4,69,70,71)/t40-,41-,42-,43+,44-,45+,46-,47-,48+,49+/m0/s1. The summed E-state index contributed by atoms with van der Waals surface area (Å²) in [5.74, 6) is -9.80. The maximum Gasteiger partial charge on any atom is 0.245 e. The van der Waals surface area contributed by atoms with Crippen molar-refractivity contribution in [2.24, 2.45) is 51.0 Å². The third-order valence-corrected chi connectivity index (χ3v) is 16.7. The van der Waals surface area contributed by atoms with Crippen LogP contribution in [0.3, 0.4) is 0 Å². The van der Waals surface area contributed by atoms with Crippen molar-refractivity contribution in [1.82, 2.24) is 52.3 Å². The molecule has 0 bridgehead atoms. The molecule has 22 N–H and O–H groups in total. The highest BCUT2D eigenvalue weighted by Gasteiger charge is 2.42. The number of nitrogens with one attached hydrogen (secondary N) is 8. The number of likely N-dealkylation sites (tertiary alicyclic amines) is 2. The van der Waals surface area contributed by atoms with Crippen molar-refractivity contribution < 1.29 is 62.3 Å². The molecule has 0 unspecified atom stereocenters. The Labute approximate surface area is 558 Å². The highest BCUT2D eigenvalue weighted by molar-refractivity contribution is 7.98. The van der Waals surface area contributed by atoms with E-state index in [1.165, 1.54) is 21.6 Å². The number of hydrogen-bond acceptors (Lipinski definition) is 17. The number of hydrogen-bond donors (Lipinski definition) is 15. The Morgan fingerprint density at radius 1 is 0.537 bits per heavy atom. The average molecular weight is 1350 g/mol. The minimum absolute atomic E-state index is 0.0736. The second-order valence-electron chi connectivity index (χ2n) is 24.1. The quantitative estimate of drug-likeness (QED) is 0.0173. The molecule has 0 aliphatic carbocycles. The Hall–Kier alpha value is -8.91. The molecule has 0 radical (unpaired) electrons. The number of amides is 13. The van der Waals surface area contributed by atoms with Crippen LogP contribution >= 0.6 is 11.8 Å². The van der Waals surface area contributed by atoms with E-state index in [0.29, 0.717) is 55.4 Å². The molecule has 0 saturated carbocycles. The molecule has 2 aromatic rings. The van der Waals surface area contributed by atoms with E-state index in [4.69, 9.17) is 40.1 Å². The number of unbranched alkanes of at least 4 members (excludes halogenated alkanes) is 1. The smallest absolute Gasteiger partial charge is 0.245 e. The largest absolute Gasteiger partial charge is 0.370 e. The molecule has 32 heteroatoms. The van der Waals surface area contributed by atoms with Gasteiger partial charge in [0.15, 0.2) is 5.96 Å².